The molecule has 0 aliphatic heterocycles. The first-order valence-electron chi connectivity index (χ1n) is 9.83. The zero-order valence-corrected chi connectivity index (χ0v) is 18.2. The number of hydrogen-bond donors (Lipinski definition) is 8. The van der Waals surface area contributed by atoms with Crippen molar-refractivity contribution in [2.45, 2.75) is 63.7 Å². The molecule has 15 heteroatoms. The van der Waals surface area contributed by atoms with Gasteiger partial charge in [0.15, 0.2) is 0 Å². The Bertz CT molecular complexity index is 785. The number of primary amides is 2. The van der Waals surface area contributed by atoms with Crippen LogP contribution in [0.25, 0.3) is 0 Å². The van der Waals surface area contributed by atoms with Crippen LogP contribution in [-0.2, 0) is 33.6 Å². The number of carbonyl (C=O) groups excluding carboxylic acids is 5. The van der Waals surface area contributed by atoms with E-state index in [2.05, 4.69) is 16.0 Å². The summed E-state index contributed by atoms with van der Waals surface area (Å²) < 4.78 is 0. The quantitative estimate of drug-likeness (QED) is 0.114. The van der Waals surface area contributed by atoms with Crippen LogP contribution in [0.2, 0.25) is 0 Å². The highest BCUT2D eigenvalue weighted by Gasteiger charge is 2.32. The number of aliphatic carboxylic acids is 2. The van der Waals surface area contributed by atoms with Crippen molar-refractivity contribution in [3.8, 4) is 0 Å². The molecule has 0 rings (SSSR count). The van der Waals surface area contributed by atoms with Crippen LogP contribution in [0, 0.1) is 5.92 Å². The summed E-state index contributed by atoms with van der Waals surface area (Å²) in [7, 11) is 0. The molecular formula is C18H30N6O9. The first kappa shape index (κ1) is 29.2. The van der Waals surface area contributed by atoms with Crippen LogP contribution >= 0.6 is 0 Å². The molecule has 0 radical (unpaired) electrons. The van der Waals surface area contributed by atoms with Crippen LogP contribution in [0.15, 0.2) is 0 Å². The summed E-state index contributed by atoms with van der Waals surface area (Å²) in [6, 6.07) is -5.85. The van der Waals surface area contributed by atoms with Gasteiger partial charge in [0.1, 0.15) is 18.1 Å². The van der Waals surface area contributed by atoms with Gasteiger partial charge >= 0.3 is 11.9 Å². The lowest BCUT2D eigenvalue weighted by atomic mass is 10.0. The van der Waals surface area contributed by atoms with Crippen molar-refractivity contribution in [2.24, 2.45) is 23.1 Å². The minimum atomic E-state index is -1.60. The molecule has 33 heavy (non-hydrogen) atoms. The molecule has 0 aromatic rings. The van der Waals surface area contributed by atoms with Crippen LogP contribution < -0.4 is 33.2 Å². The Labute approximate surface area is 188 Å². The Morgan fingerprint density at radius 3 is 1.73 bits per heavy atom. The second-order valence-electron chi connectivity index (χ2n) is 7.57. The standard InChI is InChI=1S/C18H30N6O9/c1-7(2)14(24-15(29)8(19)5-13(27)28)17(31)23-10(6-12(21)26)16(30)22-9(18(32)33)3-4-11(20)25/h7-10,14H,3-6,19H2,1-2H3,(H2,20,25)(H2,21,26)(H,22,30)(H,23,31)(H,24,29)(H,27,28)(H,32,33). The molecule has 4 atom stereocenters. The summed E-state index contributed by atoms with van der Waals surface area (Å²) in [5.41, 5.74) is 15.6. The third-order valence-electron chi connectivity index (χ3n) is 4.31. The summed E-state index contributed by atoms with van der Waals surface area (Å²) in [5.74, 6) is -8.08. The first-order valence-corrected chi connectivity index (χ1v) is 9.83. The molecule has 0 fully saturated rings. The fourth-order valence-electron chi connectivity index (χ4n) is 2.56. The molecule has 186 valence electrons. The third-order valence-corrected chi connectivity index (χ3v) is 4.31. The van der Waals surface area contributed by atoms with Gasteiger partial charge in [0, 0.05) is 6.42 Å². The van der Waals surface area contributed by atoms with E-state index in [-0.39, 0.29) is 12.8 Å². The van der Waals surface area contributed by atoms with E-state index in [9.17, 15) is 38.7 Å². The summed E-state index contributed by atoms with van der Waals surface area (Å²) >= 11 is 0. The largest absolute Gasteiger partial charge is 0.481 e. The second-order valence-corrected chi connectivity index (χ2v) is 7.57. The van der Waals surface area contributed by atoms with Gasteiger partial charge in [-0.05, 0) is 12.3 Å². The summed E-state index contributed by atoms with van der Waals surface area (Å²) in [6.45, 7) is 3.08. The van der Waals surface area contributed by atoms with E-state index in [0.717, 1.165) is 0 Å². The van der Waals surface area contributed by atoms with E-state index in [1.807, 2.05) is 0 Å². The maximum atomic E-state index is 12.7. The summed E-state index contributed by atoms with van der Waals surface area (Å²) in [5, 5.41) is 24.5. The predicted molar refractivity (Wildman–Crippen MR) is 111 cm³/mol. The van der Waals surface area contributed by atoms with Crippen molar-refractivity contribution < 1.29 is 43.8 Å². The summed E-state index contributed by atoms with van der Waals surface area (Å²) in [4.78, 5) is 81.7. The van der Waals surface area contributed by atoms with Crippen LogP contribution in [0.4, 0.5) is 0 Å². The predicted octanol–water partition coefficient (Wildman–Crippen LogP) is -3.88. The minimum absolute atomic E-state index is 0.334. The molecule has 11 N–H and O–H groups in total. The zero-order valence-electron chi connectivity index (χ0n) is 18.2. The number of carbonyl (C=O) groups is 7. The van der Waals surface area contributed by atoms with Crippen LogP contribution in [0.1, 0.15) is 39.5 Å². The van der Waals surface area contributed by atoms with Crippen molar-refractivity contribution in [1.29, 1.82) is 0 Å². The Morgan fingerprint density at radius 1 is 0.758 bits per heavy atom. The van der Waals surface area contributed by atoms with Gasteiger partial charge in [0.2, 0.25) is 29.5 Å². The number of rotatable bonds is 15. The van der Waals surface area contributed by atoms with Gasteiger partial charge < -0.3 is 43.4 Å². The number of nitrogens with one attached hydrogen (secondary N) is 3. The fourth-order valence-corrected chi connectivity index (χ4v) is 2.56. The van der Waals surface area contributed by atoms with Gasteiger partial charge in [0.25, 0.3) is 0 Å². The smallest absolute Gasteiger partial charge is 0.326 e. The van der Waals surface area contributed by atoms with Gasteiger partial charge in [-0.25, -0.2) is 4.79 Å². The minimum Gasteiger partial charge on any atom is -0.481 e. The Kier molecular flexibility index (Phi) is 12.1. The average Bonchev–Trinajstić information content (AvgIpc) is 2.66. The highest BCUT2D eigenvalue weighted by Crippen LogP contribution is 2.06. The van der Waals surface area contributed by atoms with Crippen molar-refractivity contribution in [2.75, 3.05) is 0 Å². The monoisotopic (exact) mass is 474 g/mol. The molecule has 0 spiro atoms. The Hall–Kier alpha value is -3.75. The molecule has 4 unspecified atom stereocenters. The van der Waals surface area contributed by atoms with Crippen molar-refractivity contribution in [3.63, 3.8) is 0 Å². The fraction of sp³-hybridized carbons (Fsp3) is 0.611. The lowest BCUT2D eigenvalue weighted by Gasteiger charge is -2.26. The molecular weight excluding hydrogens is 444 g/mol. The van der Waals surface area contributed by atoms with Crippen LogP contribution in [0.5, 0.6) is 0 Å². The third kappa shape index (κ3) is 11.4. The van der Waals surface area contributed by atoms with Crippen LogP contribution in [0.3, 0.4) is 0 Å². The average molecular weight is 474 g/mol. The molecule has 0 aromatic carbocycles. The molecule has 0 aromatic heterocycles. The second kappa shape index (κ2) is 13.6. The van der Waals surface area contributed by atoms with Crippen molar-refractivity contribution >= 4 is 41.5 Å². The van der Waals surface area contributed by atoms with Gasteiger partial charge in [-0.3, -0.25) is 28.8 Å². The molecule has 0 aliphatic rings. The van der Waals surface area contributed by atoms with Gasteiger partial charge in [0.05, 0.1) is 18.9 Å². The van der Waals surface area contributed by atoms with E-state index >= 15 is 0 Å². The molecule has 0 saturated carbocycles. The molecule has 0 heterocycles. The zero-order chi connectivity index (χ0) is 25.9. The van der Waals surface area contributed by atoms with Gasteiger partial charge in [-0.2, -0.15) is 0 Å². The van der Waals surface area contributed by atoms with Crippen LogP contribution in [-0.4, -0.2) is 75.9 Å². The van der Waals surface area contributed by atoms with Crippen molar-refractivity contribution in [1.82, 2.24) is 16.0 Å². The topological polar surface area (TPSA) is 274 Å². The number of carboxylic acid groups (broad SMARTS) is 2. The van der Waals surface area contributed by atoms with E-state index in [4.69, 9.17) is 22.3 Å². The maximum absolute atomic E-state index is 12.7. The Balaban J connectivity index is 5.47. The first-order chi connectivity index (χ1) is 15.1. The lowest BCUT2D eigenvalue weighted by molar-refractivity contribution is -0.142. The van der Waals surface area contributed by atoms with E-state index in [1.54, 1.807) is 13.8 Å². The molecule has 5 amide bonds. The SMILES string of the molecule is CC(C)C(NC(=O)C(N)CC(=O)O)C(=O)NC(CC(N)=O)C(=O)NC(CCC(N)=O)C(=O)O. The number of nitrogens with two attached hydrogens (primary N) is 3. The number of carboxylic acids is 2. The van der Waals surface area contributed by atoms with Crippen molar-refractivity contribution in [3.05, 3.63) is 0 Å². The van der Waals surface area contributed by atoms with Gasteiger partial charge in [-0.1, -0.05) is 13.8 Å². The number of amides is 5. The Morgan fingerprint density at radius 2 is 1.30 bits per heavy atom. The highest BCUT2D eigenvalue weighted by molar-refractivity contribution is 5.96. The molecule has 0 bridgehead atoms. The lowest BCUT2D eigenvalue weighted by Crippen LogP contribution is -2.59. The summed E-state index contributed by atoms with van der Waals surface area (Å²) in [6.07, 6.45) is -2.06. The van der Waals surface area contributed by atoms with E-state index in [0.29, 0.717) is 0 Å². The maximum Gasteiger partial charge on any atom is 0.326 e. The van der Waals surface area contributed by atoms with E-state index in [1.165, 1.54) is 0 Å². The van der Waals surface area contributed by atoms with Gasteiger partial charge in [-0.15, -0.1) is 0 Å². The molecule has 15 nitrogen and oxygen atoms in total. The van der Waals surface area contributed by atoms with E-state index < -0.39 is 84.4 Å². The molecule has 0 aliphatic carbocycles. The molecule has 0 saturated heterocycles. The normalized spacial score (nSPS) is 14.3. The number of hydrogen-bond acceptors (Lipinski definition) is 8. The highest BCUT2D eigenvalue weighted by atomic mass is 16.4.